The molecule has 1 aliphatic heterocycles. The maximum absolute atomic E-state index is 13.1. The maximum atomic E-state index is 13.1. The van der Waals surface area contributed by atoms with Gasteiger partial charge in [-0.15, -0.1) is 0 Å². The first-order chi connectivity index (χ1) is 17.7. The number of phosphoric ester groups is 1. The van der Waals surface area contributed by atoms with Gasteiger partial charge in [-0.2, -0.15) is 13.2 Å². The highest BCUT2D eigenvalue weighted by Gasteiger charge is 2.45. The first-order valence-electron chi connectivity index (χ1n) is 10.9. The largest absolute Gasteiger partial charge is 0.469 e. The van der Waals surface area contributed by atoms with E-state index >= 15 is 0 Å². The van der Waals surface area contributed by atoms with E-state index in [-0.39, 0.29) is 17.8 Å². The van der Waals surface area contributed by atoms with Crippen molar-refractivity contribution in [3.63, 3.8) is 0 Å². The van der Waals surface area contributed by atoms with Crippen molar-refractivity contribution in [1.82, 2.24) is 14.1 Å². The molecule has 38 heavy (non-hydrogen) atoms. The van der Waals surface area contributed by atoms with Crippen LogP contribution in [0, 0.1) is 0 Å². The number of halogens is 3. The standard InChI is InChI=1S/C22H21F3N3O9P/c23-22(24,25)14-3-1-2-12(8-14)13-4-6-26-15(9-13)10-28-17(29)5-7-27(21(28)32)20-19(31)18(30)16(37-20)11-36-38(33,34)35/h1-9,16,18-20,30-31H,10-11H2,(H2,33,34,35)/t16-,18?,19?,20-/m1/s1. The van der Waals surface area contributed by atoms with Gasteiger partial charge in [0.05, 0.1) is 24.4 Å². The molecule has 1 fully saturated rings. The van der Waals surface area contributed by atoms with Gasteiger partial charge < -0.3 is 24.7 Å². The van der Waals surface area contributed by atoms with E-state index in [4.69, 9.17) is 14.5 Å². The van der Waals surface area contributed by atoms with E-state index in [1.165, 1.54) is 30.5 Å². The van der Waals surface area contributed by atoms with Crippen LogP contribution in [0.5, 0.6) is 0 Å². The molecule has 1 aromatic carbocycles. The van der Waals surface area contributed by atoms with E-state index in [1.807, 2.05) is 0 Å². The Morgan fingerprint density at radius 1 is 1.05 bits per heavy atom. The Morgan fingerprint density at radius 2 is 1.76 bits per heavy atom. The predicted octanol–water partition coefficient (Wildman–Crippen LogP) is 0.868. The molecule has 0 spiro atoms. The molecular weight excluding hydrogens is 538 g/mol. The summed E-state index contributed by atoms with van der Waals surface area (Å²) in [5.41, 5.74) is -1.82. The number of benzene rings is 1. The number of ether oxygens (including phenoxy) is 1. The zero-order chi connectivity index (χ0) is 27.8. The predicted molar refractivity (Wildman–Crippen MR) is 123 cm³/mol. The number of aliphatic hydroxyl groups excluding tert-OH is 2. The molecule has 4 atom stereocenters. The summed E-state index contributed by atoms with van der Waals surface area (Å²) in [5, 5.41) is 20.5. The third kappa shape index (κ3) is 6.10. The third-order valence-corrected chi connectivity index (χ3v) is 6.26. The number of aliphatic hydroxyl groups is 2. The van der Waals surface area contributed by atoms with Crippen LogP contribution >= 0.6 is 7.82 Å². The Bertz CT molecular complexity index is 1490. The smallest absolute Gasteiger partial charge is 0.387 e. The van der Waals surface area contributed by atoms with Crippen LogP contribution in [0.4, 0.5) is 13.2 Å². The Balaban J connectivity index is 1.61. The molecule has 12 nitrogen and oxygen atoms in total. The fraction of sp³-hybridized carbons (Fsp3) is 0.318. The van der Waals surface area contributed by atoms with Crippen molar-refractivity contribution in [3.8, 4) is 11.1 Å². The van der Waals surface area contributed by atoms with Gasteiger partial charge in [0, 0.05) is 18.5 Å². The number of hydrogen-bond donors (Lipinski definition) is 4. The zero-order valence-electron chi connectivity index (χ0n) is 19.2. The van der Waals surface area contributed by atoms with E-state index in [0.717, 1.165) is 33.5 Å². The van der Waals surface area contributed by atoms with Gasteiger partial charge in [-0.25, -0.2) is 9.36 Å². The summed E-state index contributed by atoms with van der Waals surface area (Å²) >= 11 is 0. The maximum Gasteiger partial charge on any atom is 0.469 e. The molecule has 4 rings (SSSR count). The average Bonchev–Trinajstić information content (AvgIpc) is 3.13. The first-order valence-corrected chi connectivity index (χ1v) is 12.4. The number of rotatable bonds is 7. The van der Waals surface area contributed by atoms with E-state index in [0.29, 0.717) is 5.56 Å². The number of alkyl halides is 3. The van der Waals surface area contributed by atoms with Gasteiger partial charge in [0.15, 0.2) is 6.23 Å². The molecule has 3 aromatic rings. The zero-order valence-corrected chi connectivity index (χ0v) is 20.1. The van der Waals surface area contributed by atoms with Crippen LogP contribution in [0.3, 0.4) is 0 Å². The van der Waals surface area contributed by atoms with Gasteiger partial charge in [-0.3, -0.25) is 23.4 Å². The van der Waals surface area contributed by atoms with Crippen molar-refractivity contribution in [1.29, 1.82) is 0 Å². The van der Waals surface area contributed by atoms with Crippen LogP contribution in [0.15, 0.2) is 64.4 Å². The highest BCUT2D eigenvalue weighted by Crippen LogP contribution is 2.38. The summed E-state index contributed by atoms with van der Waals surface area (Å²) in [5.74, 6) is 0. The van der Waals surface area contributed by atoms with Gasteiger partial charge in [0.1, 0.15) is 18.3 Å². The Morgan fingerprint density at radius 3 is 2.45 bits per heavy atom. The van der Waals surface area contributed by atoms with Crippen molar-refractivity contribution < 1.29 is 47.0 Å². The molecule has 2 aromatic heterocycles. The fourth-order valence-electron chi connectivity index (χ4n) is 3.92. The van der Waals surface area contributed by atoms with Crippen LogP contribution in [0.1, 0.15) is 17.5 Å². The average molecular weight is 559 g/mol. The number of pyridine rings is 1. The molecule has 0 bridgehead atoms. The SMILES string of the molecule is O=c1ccn([C@@H]2O[C@H](COP(=O)(O)O)C(O)C2O)c(=O)n1Cc1cc(-c2cccc(C(F)(F)F)c2)ccn1. The van der Waals surface area contributed by atoms with Gasteiger partial charge in [0.2, 0.25) is 0 Å². The minimum absolute atomic E-state index is 0.165. The quantitative estimate of drug-likeness (QED) is 0.304. The molecule has 1 saturated heterocycles. The number of nitrogens with zero attached hydrogens (tertiary/aromatic N) is 3. The lowest BCUT2D eigenvalue weighted by atomic mass is 10.0. The second-order valence-corrected chi connectivity index (χ2v) is 9.62. The van der Waals surface area contributed by atoms with Crippen molar-refractivity contribution in [2.75, 3.05) is 6.61 Å². The van der Waals surface area contributed by atoms with Crippen LogP contribution in [-0.4, -0.2) is 59.0 Å². The molecule has 2 unspecified atom stereocenters. The summed E-state index contributed by atoms with van der Waals surface area (Å²) in [4.78, 5) is 47.4. The van der Waals surface area contributed by atoms with Gasteiger partial charge in [-0.1, -0.05) is 12.1 Å². The molecule has 16 heteroatoms. The second kappa shape index (κ2) is 10.5. The second-order valence-electron chi connectivity index (χ2n) is 8.38. The summed E-state index contributed by atoms with van der Waals surface area (Å²) < 4.78 is 61.5. The van der Waals surface area contributed by atoms with Crippen molar-refractivity contribution in [2.24, 2.45) is 0 Å². The van der Waals surface area contributed by atoms with Gasteiger partial charge >= 0.3 is 19.7 Å². The lowest BCUT2D eigenvalue weighted by Gasteiger charge is -2.19. The molecule has 204 valence electrons. The monoisotopic (exact) mass is 559 g/mol. The van der Waals surface area contributed by atoms with E-state index < -0.39 is 62.0 Å². The van der Waals surface area contributed by atoms with Crippen LogP contribution in [0.25, 0.3) is 11.1 Å². The van der Waals surface area contributed by atoms with Crippen LogP contribution in [-0.2, 0) is 26.5 Å². The van der Waals surface area contributed by atoms with Crippen LogP contribution in [0.2, 0.25) is 0 Å². The van der Waals surface area contributed by atoms with Gasteiger partial charge in [-0.05, 0) is 35.4 Å². The summed E-state index contributed by atoms with van der Waals surface area (Å²) in [7, 11) is -4.91. The highest BCUT2D eigenvalue weighted by molar-refractivity contribution is 7.46. The van der Waals surface area contributed by atoms with E-state index in [2.05, 4.69) is 9.51 Å². The fourth-order valence-corrected chi connectivity index (χ4v) is 4.26. The molecule has 0 aliphatic carbocycles. The number of phosphoric acid groups is 1. The lowest BCUT2D eigenvalue weighted by Crippen LogP contribution is -2.43. The lowest BCUT2D eigenvalue weighted by molar-refractivity contribution is -0.137. The minimum Gasteiger partial charge on any atom is -0.387 e. The number of aromatic nitrogens is 3. The van der Waals surface area contributed by atoms with E-state index in [1.54, 1.807) is 0 Å². The highest BCUT2D eigenvalue weighted by atomic mass is 31.2. The Kier molecular flexibility index (Phi) is 7.72. The Labute approximate surface area is 211 Å². The molecule has 3 heterocycles. The summed E-state index contributed by atoms with van der Waals surface area (Å²) in [6.07, 6.45) is -8.55. The van der Waals surface area contributed by atoms with Crippen molar-refractivity contribution in [2.45, 2.75) is 37.3 Å². The van der Waals surface area contributed by atoms with Crippen molar-refractivity contribution in [3.05, 3.63) is 87.0 Å². The minimum atomic E-state index is -4.91. The van der Waals surface area contributed by atoms with Gasteiger partial charge in [0.25, 0.3) is 5.56 Å². The normalized spacial score (nSPS) is 22.1. The molecule has 0 saturated carbocycles. The molecule has 0 amide bonds. The topological polar surface area (TPSA) is 173 Å². The molecular formula is C22H21F3N3O9P. The molecule has 4 N–H and O–H groups in total. The van der Waals surface area contributed by atoms with Crippen molar-refractivity contribution >= 4 is 7.82 Å². The number of hydrogen-bond acceptors (Lipinski definition) is 8. The summed E-state index contributed by atoms with van der Waals surface area (Å²) in [6, 6.07) is 8.47. The Hall–Kier alpha value is -3.17. The van der Waals surface area contributed by atoms with E-state index in [9.17, 15) is 37.5 Å². The van der Waals surface area contributed by atoms with Crippen LogP contribution < -0.4 is 11.2 Å². The molecule has 1 aliphatic rings. The molecule has 0 radical (unpaired) electrons. The first kappa shape index (κ1) is 27.9. The third-order valence-electron chi connectivity index (χ3n) is 5.77. The summed E-state index contributed by atoms with van der Waals surface area (Å²) in [6.45, 7) is -1.18.